The summed E-state index contributed by atoms with van der Waals surface area (Å²) in [6.07, 6.45) is -4.79. The lowest BCUT2D eigenvalue weighted by molar-refractivity contribution is -0.157. The van der Waals surface area contributed by atoms with E-state index in [9.17, 15) is 23.1 Å². The summed E-state index contributed by atoms with van der Waals surface area (Å²) >= 11 is 5.51. The lowest BCUT2D eigenvalue weighted by Crippen LogP contribution is -2.32. The maximum absolute atomic E-state index is 12.6. The molecule has 1 atom stereocenters. The van der Waals surface area contributed by atoms with Crippen molar-refractivity contribution in [2.24, 2.45) is 0 Å². The van der Waals surface area contributed by atoms with Crippen LogP contribution in [0.15, 0.2) is 12.1 Å². The van der Waals surface area contributed by atoms with Gasteiger partial charge in [-0.3, -0.25) is 0 Å². The molecule has 1 aromatic carbocycles. The molecule has 0 aliphatic carbocycles. The molecule has 1 aromatic rings. The Kier molecular flexibility index (Phi) is 3.51. The first-order valence-corrected chi connectivity index (χ1v) is 4.98. The summed E-state index contributed by atoms with van der Waals surface area (Å²) in [5, 5.41) is 17.9. The number of carboxylic acid groups (broad SMARTS) is 1. The monoisotopic (exact) mass is 283 g/mol. The number of carbonyl (C=O) groups is 1. The van der Waals surface area contributed by atoms with Crippen LogP contribution in [0.5, 0.6) is 0 Å². The standard InChI is InChI=1S/C10H9ClF3NO3/c1-9(18,8(16)17)4-2-5(10(12,13)14)7(15)6(11)3-4/h2-3,18H,15H2,1H3,(H,16,17). The van der Waals surface area contributed by atoms with Gasteiger partial charge in [-0.2, -0.15) is 13.2 Å². The van der Waals surface area contributed by atoms with Crippen molar-refractivity contribution in [3.63, 3.8) is 0 Å². The van der Waals surface area contributed by atoms with Crippen molar-refractivity contribution in [2.75, 3.05) is 5.73 Å². The molecule has 100 valence electrons. The van der Waals surface area contributed by atoms with Crippen LogP contribution in [0.4, 0.5) is 18.9 Å². The summed E-state index contributed by atoms with van der Waals surface area (Å²) in [6.45, 7) is 0.845. The minimum Gasteiger partial charge on any atom is -0.479 e. The largest absolute Gasteiger partial charge is 0.479 e. The quantitative estimate of drug-likeness (QED) is 0.727. The highest BCUT2D eigenvalue weighted by Crippen LogP contribution is 2.39. The molecule has 1 rings (SSSR count). The van der Waals surface area contributed by atoms with Gasteiger partial charge in [0, 0.05) is 0 Å². The first-order chi connectivity index (χ1) is 7.98. The van der Waals surface area contributed by atoms with Gasteiger partial charge in [0.05, 0.1) is 16.3 Å². The summed E-state index contributed by atoms with van der Waals surface area (Å²) in [6, 6.07) is 1.36. The minimum absolute atomic E-state index is 0.468. The van der Waals surface area contributed by atoms with Crippen molar-refractivity contribution in [1.29, 1.82) is 0 Å². The molecule has 0 bridgehead atoms. The van der Waals surface area contributed by atoms with Crippen LogP contribution in [0.2, 0.25) is 5.02 Å². The number of aliphatic hydroxyl groups is 1. The maximum atomic E-state index is 12.6. The second-order valence-corrected chi connectivity index (χ2v) is 4.20. The van der Waals surface area contributed by atoms with Crippen molar-refractivity contribution in [3.8, 4) is 0 Å². The van der Waals surface area contributed by atoms with E-state index < -0.39 is 39.6 Å². The normalized spacial score (nSPS) is 15.2. The number of benzene rings is 1. The molecular weight excluding hydrogens is 275 g/mol. The molecule has 0 aromatic heterocycles. The molecule has 4 nitrogen and oxygen atoms in total. The Hall–Kier alpha value is -1.47. The molecule has 0 spiro atoms. The number of hydrogen-bond acceptors (Lipinski definition) is 3. The van der Waals surface area contributed by atoms with E-state index in [1.54, 1.807) is 0 Å². The Balaban J connectivity index is 3.52. The predicted molar refractivity (Wildman–Crippen MR) is 58.1 cm³/mol. The number of rotatable bonds is 2. The number of anilines is 1. The van der Waals surface area contributed by atoms with Gasteiger partial charge >= 0.3 is 12.1 Å². The molecule has 0 saturated carbocycles. The zero-order valence-electron chi connectivity index (χ0n) is 9.05. The highest BCUT2D eigenvalue weighted by molar-refractivity contribution is 6.33. The first-order valence-electron chi connectivity index (χ1n) is 4.60. The summed E-state index contributed by atoms with van der Waals surface area (Å²) in [5.41, 5.74) is 0.189. The van der Waals surface area contributed by atoms with Gasteiger partial charge in [-0.1, -0.05) is 11.6 Å². The number of carboxylic acids is 1. The van der Waals surface area contributed by atoms with Gasteiger partial charge in [0.1, 0.15) is 0 Å². The lowest BCUT2D eigenvalue weighted by Gasteiger charge is -2.21. The van der Waals surface area contributed by atoms with Gasteiger partial charge in [-0.25, -0.2) is 4.79 Å². The average Bonchev–Trinajstić information content (AvgIpc) is 2.19. The van der Waals surface area contributed by atoms with Gasteiger partial charge in [-0.05, 0) is 24.6 Å². The molecule has 0 aliphatic heterocycles. The molecule has 0 radical (unpaired) electrons. The van der Waals surface area contributed by atoms with E-state index in [4.69, 9.17) is 22.4 Å². The van der Waals surface area contributed by atoms with Crippen LogP contribution in [-0.4, -0.2) is 16.2 Å². The van der Waals surface area contributed by atoms with Gasteiger partial charge in [0.2, 0.25) is 0 Å². The van der Waals surface area contributed by atoms with Crippen LogP contribution in [0, 0.1) is 0 Å². The van der Waals surface area contributed by atoms with Gasteiger partial charge in [0.15, 0.2) is 5.60 Å². The Morgan fingerprint density at radius 1 is 1.39 bits per heavy atom. The van der Waals surface area contributed by atoms with Crippen LogP contribution < -0.4 is 5.73 Å². The number of alkyl halides is 3. The molecule has 8 heteroatoms. The molecule has 1 unspecified atom stereocenters. The Morgan fingerprint density at radius 2 is 1.89 bits per heavy atom. The van der Waals surface area contributed by atoms with Crippen LogP contribution >= 0.6 is 11.6 Å². The number of nitrogens with two attached hydrogens (primary N) is 1. The topological polar surface area (TPSA) is 83.5 Å². The SMILES string of the molecule is CC(O)(C(=O)O)c1cc(Cl)c(N)c(C(F)(F)F)c1. The van der Waals surface area contributed by atoms with Crippen molar-refractivity contribution in [1.82, 2.24) is 0 Å². The molecule has 0 fully saturated rings. The van der Waals surface area contributed by atoms with E-state index in [1.807, 2.05) is 0 Å². The lowest BCUT2D eigenvalue weighted by atomic mass is 9.93. The van der Waals surface area contributed by atoms with Crippen LogP contribution in [-0.2, 0) is 16.6 Å². The molecule has 0 heterocycles. The zero-order valence-corrected chi connectivity index (χ0v) is 9.80. The van der Waals surface area contributed by atoms with Crippen LogP contribution in [0.3, 0.4) is 0 Å². The zero-order chi connectivity index (χ0) is 14.3. The Bertz CT molecular complexity index is 500. The predicted octanol–water partition coefficient (Wildman–Crippen LogP) is 2.23. The summed E-state index contributed by atoms with van der Waals surface area (Å²) in [5.74, 6) is -1.70. The molecular formula is C10H9ClF3NO3. The number of halogens is 4. The third-order valence-corrected chi connectivity index (χ3v) is 2.73. The second-order valence-electron chi connectivity index (χ2n) is 3.79. The second kappa shape index (κ2) is 4.33. The van der Waals surface area contributed by atoms with E-state index in [0.29, 0.717) is 6.07 Å². The summed E-state index contributed by atoms with van der Waals surface area (Å²) < 4.78 is 37.9. The fraction of sp³-hybridized carbons (Fsp3) is 0.300. The highest BCUT2D eigenvalue weighted by Gasteiger charge is 2.39. The fourth-order valence-corrected chi connectivity index (χ4v) is 1.48. The maximum Gasteiger partial charge on any atom is 0.418 e. The minimum atomic E-state index is -4.79. The van der Waals surface area contributed by atoms with E-state index in [2.05, 4.69) is 0 Å². The van der Waals surface area contributed by atoms with Crippen molar-refractivity contribution < 1.29 is 28.2 Å². The van der Waals surface area contributed by atoms with Crippen molar-refractivity contribution >= 4 is 23.3 Å². The third-order valence-electron chi connectivity index (χ3n) is 2.41. The van der Waals surface area contributed by atoms with Crippen molar-refractivity contribution in [2.45, 2.75) is 18.7 Å². The molecule has 4 N–H and O–H groups in total. The molecule has 0 saturated heterocycles. The van der Waals surface area contributed by atoms with Crippen LogP contribution in [0.25, 0.3) is 0 Å². The van der Waals surface area contributed by atoms with Gasteiger partial charge in [-0.15, -0.1) is 0 Å². The van der Waals surface area contributed by atoms with Crippen LogP contribution in [0.1, 0.15) is 18.1 Å². The number of nitrogen functional groups attached to an aromatic ring is 1. The third kappa shape index (κ3) is 2.51. The molecule has 0 amide bonds. The van der Waals surface area contributed by atoms with E-state index in [-0.39, 0.29) is 0 Å². The first kappa shape index (κ1) is 14.6. The fourth-order valence-electron chi connectivity index (χ4n) is 1.26. The highest BCUT2D eigenvalue weighted by atomic mass is 35.5. The Labute approximate surface area is 105 Å². The number of hydrogen-bond donors (Lipinski definition) is 3. The molecule has 0 aliphatic rings. The summed E-state index contributed by atoms with van der Waals surface area (Å²) in [7, 11) is 0. The number of aliphatic carboxylic acids is 1. The smallest absolute Gasteiger partial charge is 0.418 e. The van der Waals surface area contributed by atoms with E-state index >= 15 is 0 Å². The van der Waals surface area contributed by atoms with E-state index in [0.717, 1.165) is 13.0 Å². The van der Waals surface area contributed by atoms with Gasteiger partial charge in [0.25, 0.3) is 0 Å². The van der Waals surface area contributed by atoms with Crippen molar-refractivity contribution in [3.05, 3.63) is 28.3 Å². The molecule has 18 heavy (non-hydrogen) atoms. The average molecular weight is 284 g/mol. The Morgan fingerprint density at radius 3 is 2.28 bits per heavy atom. The van der Waals surface area contributed by atoms with Gasteiger partial charge < -0.3 is 15.9 Å². The summed E-state index contributed by atoms with van der Waals surface area (Å²) in [4.78, 5) is 10.8. The van der Waals surface area contributed by atoms with E-state index in [1.165, 1.54) is 0 Å².